The second-order valence-electron chi connectivity index (χ2n) is 8.75. The summed E-state index contributed by atoms with van der Waals surface area (Å²) in [5.74, 6) is 1.13. The standard InChI is InChI=1S/C23H29N3O2.ClH/c27-21-8-4-7-20-18-13-19(15-24-14-18)22(26(20)21)23(28)25-11-9-17(10-12-25)16-5-2-1-3-6-16;/h1-3,5-6,9,18-20,22,24H,4,7-8,10-15H2;1H/t18-,19+,20+,22-;/m1./s1. The topological polar surface area (TPSA) is 52.7 Å². The Bertz CT molecular complexity index is 797. The third kappa shape index (κ3) is 3.71. The van der Waals surface area contributed by atoms with E-state index in [1.165, 1.54) is 11.1 Å². The highest BCUT2D eigenvalue weighted by Crippen LogP contribution is 2.40. The Morgan fingerprint density at radius 1 is 1.07 bits per heavy atom. The van der Waals surface area contributed by atoms with E-state index in [1.54, 1.807) is 0 Å². The molecule has 5 nitrogen and oxygen atoms in total. The van der Waals surface area contributed by atoms with Crippen LogP contribution in [0, 0.1) is 11.8 Å². The monoisotopic (exact) mass is 415 g/mol. The van der Waals surface area contributed by atoms with Crippen molar-refractivity contribution in [3.05, 3.63) is 42.0 Å². The van der Waals surface area contributed by atoms with Gasteiger partial charge in [0.05, 0.1) is 0 Å². The first-order valence-corrected chi connectivity index (χ1v) is 10.8. The lowest BCUT2D eigenvalue weighted by Gasteiger charge is -2.54. The van der Waals surface area contributed by atoms with E-state index >= 15 is 0 Å². The van der Waals surface area contributed by atoms with Crippen molar-refractivity contribution in [2.45, 2.75) is 44.2 Å². The number of carbonyl (C=O) groups excluding carboxylic acids is 2. The van der Waals surface area contributed by atoms with Gasteiger partial charge in [0.15, 0.2) is 0 Å². The Morgan fingerprint density at radius 3 is 2.62 bits per heavy atom. The van der Waals surface area contributed by atoms with E-state index < -0.39 is 0 Å². The molecule has 0 saturated carbocycles. The molecule has 0 spiro atoms. The summed E-state index contributed by atoms with van der Waals surface area (Å²) in [5, 5.41) is 3.53. The van der Waals surface area contributed by atoms with Crippen molar-refractivity contribution in [2.24, 2.45) is 11.8 Å². The zero-order valence-electron chi connectivity index (χ0n) is 16.8. The van der Waals surface area contributed by atoms with Gasteiger partial charge in [-0.1, -0.05) is 36.4 Å². The molecule has 2 bridgehead atoms. The number of nitrogens with zero attached hydrogens (tertiary/aromatic N) is 2. The van der Waals surface area contributed by atoms with Crippen LogP contribution in [-0.4, -0.2) is 59.9 Å². The van der Waals surface area contributed by atoms with Gasteiger partial charge < -0.3 is 15.1 Å². The van der Waals surface area contributed by atoms with Crippen molar-refractivity contribution in [1.82, 2.24) is 15.1 Å². The molecular formula is C23H30ClN3O2. The molecule has 0 unspecified atom stereocenters. The number of benzene rings is 1. The van der Waals surface area contributed by atoms with Crippen LogP contribution in [-0.2, 0) is 9.59 Å². The number of nitrogens with one attached hydrogen (secondary N) is 1. The summed E-state index contributed by atoms with van der Waals surface area (Å²) in [5.41, 5.74) is 2.57. The molecule has 0 aliphatic carbocycles. The van der Waals surface area contributed by atoms with Crippen LogP contribution >= 0.6 is 12.4 Å². The van der Waals surface area contributed by atoms with Gasteiger partial charge in [-0.05, 0) is 49.3 Å². The summed E-state index contributed by atoms with van der Waals surface area (Å²) in [6.07, 6.45) is 6.77. The molecule has 4 heterocycles. The highest BCUT2D eigenvalue weighted by Gasteiger charge is 2.51. The van der Waals surface area contributed by atoms with Crippen LogP contribution in [0.15, 0.2) is 36.4 Å². The van der Waals surface area contributed by atoms with Crippen molar-refractivity contribution >= 4 is 29.8 Å². The maximum Gasteiger partial charge on any atom is 0.246 e. The minimum Gasteiger partial charge on any atom is -0.337 e. The SMILES string of the molecule is Cl.O=C([C@H]1[C@@H]2CNC[C@@H](C2)[C@@H]2CCCC(=O)N21)N1CC=C(c2ccccc2)CC1. The molecule has 4 aliphatic rings. The van der Waals surface area contributed by atoms with Gasteiger partial charge in [-0.3, -0.25) is 9.59 Å². The van der Waals surface area contributed by atoms with Gasteiger partial charge in [-0.25, -0.2) is 0 Å². The van der Waals surface area contributed by atoms with Crippen molar-refractivity contribution in [2.75, 3.05) is 26.2 Å². The normalized spacial score (nSPS) is 31.4. The Balaban J connectivity index is 0.00000205. The van der Waals surface area contributed by atoms with Gasteiger partial charge in [-0.2, -0.15) is 0 Å². The number of piperidine rings is 3. The Morgan fingerprint density at radius 2 is 1.86 bits per heavy atom. The van der Waals surface area contributed by atoms with Crippen molar-refractivity contribution < 1.29 is 9.59 Å². The summed E-state index contributed by atoms with van der Waals surface area (Å²) in [6.45, 7) is 3.23. The van der Waals surface area contributed by atoms with E-state index in [-0.39, 0.29) is 42.2 Å². The zero-order chi connectivity index (χ0) is 19.1. The lowest BCUT2D eigenvalue weighted by molar-refractivity contribution is -0.161. The number of hydrogen-bond donors (Lipinski definition) is 1. The summed E-state index contributed by atoms with van der Waals surface area (Å²) in [7, 11) is 0. The molecular weight excluding hydrogens is 386 g/mol. The number of halogens is 1. The maximum absolute atomic E-state index is 13.6. The molecule has 1 N–H and O–H groups in total. The van der Waals surface area contributed by atoms with Crippen molar-refractivity contribution in [1.29, 1.82) is 0 Å². The van der Waals surface area contributed by atoms with Gasteiger partial charge in [0, 0.05) is 38.0 Å². The average molecular weight is 416 g/mol. The highest BCUT2D eigenvalue weighted by atomic mass is 35.5. The van der Waals surface area contributed by atoms with Gasteiger partial charge >= 0.3 is 0 Å². The molecule has 0 aromatic heterocycles. The number of carbonyl (C=O) groups is 2. The van der Waals surface area contributed by atoms with E-state index in [0.717, 1.165) is 45.3 Å². The smallest absolute Gasteiger partial charge is 0.246 e. The van der Waals surface area contributed by atoms with Gasteiger partial charge in [-0.15, -0.1) is 12.4 Å². The fourth-order valence-corrected chi connectivity index (χ4v) is 5.80. The zero-order valence-corrected chi connectivity index (χ0v) is 17.6. The molecule has 29 heavy (non-hydrogen) atoms. The first-order valence-electron chi connectivity index (χ1n) is 10.8. The van der Waals surface area contributed by atoms with Gasteiger partial charge in [0.2, 0.25) is 11.8 Å². The Kier molecular flexibility index (Phi) is 5.98. The van der Waals surface area contributed by atoms with Crippen molar-refractivity contribution in [3.63, 3.8) is 0 Å². The molecule has 4 aliphatic heterocycles. The second-order valence-corrected chi connectivity index (χ2v) is 8.75. The largest absolute Gasteiger partial charge is 0.337 e. The summed E-state index contributed by atoms with van der Waals surface area (Å²) >= 11 is 0. The summed E-state index contributed by atoms with van der Waals surface area (Å²) in [4.78, 5) is 30.4. The second kappa shape index (κ2) is 8.49. The van der Waals surface area contributed by atoms with Crippen LogP contribution < -0.4 is 5.32 Å². The van der Waals surface area contributed by atoms with E-state index in [2.05, 4.69) is 35.7 Å². The Labute approximate surface area is 178 Å². The average Bonchev–Trinajstić information content (AvgIpc) is 2.75. The summed E-state index contributed by atoms with van der Waals surface area (Å²) in [6, 6.07) is 10.4. The van der Waals surface area contributed by atoms with Gasteiger partial charge in [0.25, 0.3) is 0 Å². The molecule has 2 amide bonds. The third-order valence-corrected chi connectivity index (χ3v) is 7.16. The number of fused-ring (bicyclic) bond motifs is 4. The quantitative estimate of drug-likeness (QED) is 0.808. The van der Waals surface area contributed by atoms with Crippen LogP contribution in [0.4, 0.5) is 0 Å². The van der Waals surface area contributed by atoms with E-state index in [1.807, 2.05) is 15.9 Å². The number of rotatable bonds is 2. The van der Waals surface area contributed by atoms with E-state index in [0.29, 0.717) is 18.9 Å². The fourth-order valence-electron chi connectivity index (χ4n) is 5.80. The van der Waals surface area contributed by atoms with Crippen LogP contribution in [0.3, 0.4) is 0 Å². The predicted molar refractivity (Wildman–Crippen MR) is 116 cm³/mol. The van der Waals surface area contributed by atoms with E-state index in [9.17, 15) is 9.59 Å². The maximum atomic E-state index is 13.6. The molecule has 6 heteroatoms. The molecule has 3 fully saturated rings. The lowest BCUT2D eigenvalue weighted by Crippen LogP contribution is -2.68. The first kappa shape index (κ1) is 20.4. The lowest BCUT2D eigenvalue weighted by atomic mass is 9.72. The molecule has 1 aromatic carbocycles. The first-order chi connectivity index (χ1) is 13.7. The van der Waals surface area contributed by atoms with E-state index in [4.69, 9.17) is 0 Å². The third-order valence-electron chi connectivity index (χ3n) is 7.16. The molecule has 3 saturated heterocycles. The van der Waals surface area contributed by atoms with Crippen LogP contribution in [0.5, 0.6) is 0 Å². The summed E-state index contributed by atoms with van der Waals surface area (Å²) < 4.78 is 0. The molecule has 5 rings (SSSR count). The number of amides is 2. The minimum atomic E-state index is -0.270. The predicted octanol–water partition coefficient (Wildman–Crippen LogP) is 2.71. The fraction of sp³-hybridized carbons (Fsp3) is 0.565. The van der Waals surface area contributed by atoms with Crippen LogP contribution in [0.2, 0.25) is 0 Å². The van der Waals surface area contributed by atoms with Gasteiger partial charge in [0.1, 0.15) is 6.04 Å². The Hall–Kier alpha value is -1.85. The molecule has 156 valence electrons. The highest BCUT2D eigenvalue weighted by molar-refractivity contribution is 5.89. The molecule has 0 radical (unpaired) electrons. The molecule has 1 aromatic rings. The number of hydrogen-bond acceptors (Lipinski definition) is 3. The minimum absolute atomic E-state index is 0. The molecule has 4 atom stereocenters. The van der Waals surface area contributed by atoms with Crippen LogP contribution in [0.25, 0.3) is 5.57 Å². The van der Waals surface area contributed by atoms with Crippen molar-refractivity contribution in [3.8, 4) is 0 Å². The van der Waals surface area contributed by atoms with Crippen LogP contribution in [0.1, 0.15) is 37.7 Å².